The van der Waals surface area contributed by atoms with Crippen LogP contribution >= 0.6 is 0 Å². The van der Waals surface area contributed by atoms with Gasteiger partial charge in [-0.3, -0.25) is 0 Å². The molecule has 0 aliphatic carbocycles. The van der Waals surface area contributed by atoms with Crippen LogP contribution in [0.5, 0.6) is 0 Å². The zero-order chi connectivity index (χ0) is 14.8. The maximum Gasteiger partial charge on any atom is 0.418 e. The first-order valence-corrected chi connectivity index (χ1v) is 6.72. The highest BCUT2D eigenvalue weighted by Gasteiger charge is 2.36. The average molecular weight is 288 g/mol. The molecule has 0 spiro atoms. The van der Waals surface area contributed by atoms with Gasteiger partial charge >= 0.3 is 6.18 Å². The van der Waals surface area contributed by atoms with Crippen molar-refractivity contribution in [3.63, 3.8) is 0 Å². The summed E-state index contributed by atoms with van der Waals surface area (Å²) < 4.78 is 45.1. The third kappa shape index (κ3) is 3.24. The van der Waals surface area contributed by atoms with Gasteiger partial charge in [-0.05, 0) is 24.1 Å². The van der Waals surface area contributed by atoms with Gasteiger partial charge in [0.25, 0.3) is 0 Å². The Morgan fingerprint density at radius 2 is 2.15 bits per heavy atom. The minimum Gasteiger partial charge on any atom is -0.375 e. The smallest absolute Gasteiger partial charge is 0.375 e. The number of rotatable bonds is 3. The number of hydrogen-bond acceptors (Lipinski definition) is 3. The molecule has 2 N–H and O–H groups in total. The molecule has 112 valence electrons. The second-order valence-electron chi connectivity index (χ2n) is 4.90. The van der Waals surface area contributed by atoms with Crippen molar-refractivity contribution in [3.8, 4) is 0 Å². The number of anilines is 1. The Balaban J connectivity index is 2.35. The van der Waals surface area contributed by atoms with Crippen LogP contribution in [0.2, 0.25) is 0 Å². The number of morpholine rings is 1. The highest BCUT2D eigenvalue weighted by Crippen LogP contribution is 2.37. The van der Waals surface area contributed by atoms with Crippen LogP contribution in [0, 0.1) is 0 Å². The van der Waals surface area contributed by atoms with Gasteiger partial charge in [-0.2, -0.15) is 13.2 Å². The second-order valence-corrected chi connectivity index (χ2v) is 4.90. The summed E-state index contributed by atoms with van der Waals surface area (Å²) >= 11 is 0. The Morgan fingerprint density at radius 1 is 1.40 bits per heavy atom. The summed E-state index contributed by atoms with van der Waals surface area (Å²) in [6.45, 7) is 3.48. The minimum absolute atomic E-state index is 0.0148. The third-order valence-electron chi connectivity index (χ3n) is 3.54. The Bertz CT molecular complexity index is 462. The first kappa shape index (κ1) is 15.1. The molecular weight excluding hydrogens is 269 g/mol. The van der Waals surface area contributed by atoms with Crippen LogP contribution < -0.4 is 10.6 Å². The molecule has 20 heavy (non-hydrogen) atoms. The van der Waals surface area contributed by atoms with E-state index in [4.69, 9.17) is 10.5 Å². The van der Waals surface area contributed by atoms with Crippen LogP contribution in [0.3, 0.4) is 0 Å². The van der Waals surface area contributed by atoms with Crippen molar-refractivity contribution in [1.29, 1.82) is 0 Å². The molecule has 1 aliphatic rings. The Morgan fingerprint density at radius 3 is 2.75 bits per heavy atom. The molecule has 6 heteroatoms. The molecule has 1 atom stereocenters. The zero-order valence-corrected chi connectivity index (χ0v) is 11.4. The number of benzene rings is 1. The number of alkyl halides is 3. The van der Waals surface area contributed by atoms with E-state index in [-0.39, 0.29) is 18.3 Å². The molecule has 0 aromatic heterocycles. The quantitative estimate of drug-likeness (QED) is 0.929. The summed E-state index contributed by atoms with van der Waals surface area (Å²) in [5, 5.41) is 0. The molecule has 1 fully saturated rings. The number of hydrogen-bond donors (Lipinski definition) is 1. The Labute approximate surface area is 116 Å². The second kappa shape index (κ2) is 6.01. The van der Waals surface area contributed by atoms with Crippen molar-refractivity contribution in [1.82, 2.24) is 0 Å². The molecule has 0 radical (unpaired) electrons. The number of nitrogens with two attached hydrogens (primary N) is 1. The lowest BCUT2D eigenvalue weighted by Gasteiger charge is -2.35. The van der Waals surface area contributed by atoms with Crippen molar-refractivity contribution >= 4 is 5.69 Å². The van der Waals surface area contributed by atoms with Crippen LogP contribution in [-0.4, -0.2) is 25.8 Å². The zero-order valence-electron chi connectivity index (χ0n) is 11.4. The minimum atomic E-state index is -4.37. The lowest BCUT2D eigenvalue weighted by atomic mass is 10.1. The van der Waals surface area contributed by atoms with E-state index in [1.807, 2.05) is 6.92 Å². The molecule has 1 heterocycles. The third-order valence-corrected chi connectivity index (χ3v) is 3.54. The summed E-state index contributed by atoms with van der Waals surface area (Å²) in [7, 11) is 0. The topological polar surface area (TPSA) is 38.5 Å². The SMILES string of the molecule is CCC1CN(c2ccc(CN)cc2C(F)(F)F)CCO1. The highest BCUT2D eigenvalue weighted by atomic mass is 19.4. The molecular formula is C14H19F3N2O. The number of ether oxygens (including phenoxy) is 1. The molecule has 0 bridgehead atoms. The van der Waals surface area contributed by atoms with Crippen molar-refractivity contribution in [2.45, 2.75) is 32.2 Å². The fraction of sp³-hybridized carbons (Fsp3) is 0.571. The molecule has 3 nitrogen and oxygen atoms in total. The van der Waals surface area contributed by atoms with Crippen LogP contribution in [0.15, 0.2) is 18.2 Å². The Hall–Kier alpha value is -1.27. The van der Waals surface area contributed by atoms with Crippen molar-refractivity contribution in [3.05, 3.63) is 29.3 Å². The molecule has 1 aliphatic heterocycles. The standard InChI is InChI=1S/C14H19F3N2O/c1-2-11-9-19(5-6-20-11)13-4-3-10(8-18)7-12(13)14(15,16)17/h3-4,7,11H,2,5-6,8-9,18H2,1H3. The van der Waals surface area contributed by atoms with Gasteiger partial charge in [0.1, 0.15) is 0 Å². The monoisotopic (exact) mass is 288 g/mol. The van der Waals surface area contributed by atoms with Crippen molar-refractivity contribution in [2.75, 3.05) is 24.6 Å². The summed E-state index contributed by atoms with van der Waals surface area (Å²) in [6.07, 6.45) is -3.60. The maximum atomic E-state index is 13.2. The lowest BCUT2D eigenvalue weighted by molar-refractivity contribution is -0.137. The summed E-state index contributed by atoms with van der Waals surface area (Å²) in [6, 6.07) is 4.32. The van der Waals surface area contributed by atoms with E-state index in [0.29, 0.717) is 25.3 Å². The van der Waals surface area contributed by atoms with Crippen molar-refractivity contribution < 1.29 is 17.9 Å². The van der Waals surface area contributed by atoms with E-state index in [0.717, 1.165) is 12.5 Å². The molecule has 2 rings (SSSR count). The average Bonchev–Trinajstić information content (AvgIpc) is 2.45. The predicted molar refractivity (Wildman–Crippen MR) is 71.6 cm³/mol. The van der Waals surface area contributed by atoms with Crippen LogP contribution in [0.25, 0.3) is 0 Å². The van der Waals surface area contributed by atoms with E-state index in [9.17, 15) is 13.2 Å². The van der Waals surface area contributed by atoms with E-state index in [2.05, 4.69) is 0 Å². The van der Waals surface area contributed by atoms with Gasteiger partial charge < -0.3 is 15.4 Å². The van der Waals surface area contributed by atoms with Gasteiger partial charge in [-0.1, -0.05) is 13.0 Å². The van der Waals surface area contributed by atoms with Gasteiger partial charge in [0.2, 0.25) is 0 Å². The molecule has 0 amide bonds. The fourth-order valence-corrected chi connectivity index (χ4v) is 2.40. The summed E-state index contributed by atoms with van der Waals surface area (Å²) in [5.41, 5.74) is 5.53. The molecule has 0 saturated carbocycles. The summed E-state index contributed by atoms with van der Waals surface area (Å²) in [5.74, 6) is 0. The van der Waals surface area contributed by atoms with Crippen LogP contribution in [0.4, 0.5) is 18.9 Å². The van der Waals surface area contributed by atoms with Gasteiger partial charge in [0.15, 0.2) is 0 Å². The van der Waals surface area contributed by atoms with Crippen LogP contribution in [0.1, 0.15) is 24.5 Å². The molecule has 1 aromatic rings. The van der Waals surface area contributed by atoms with Gasteiger partial charge in [0.05, 0.1) is 18.3 Å². The summed E-state index contributed by atoms with van der Waals surface area (Å²) in [4.78, 5) is 1.75. The van der Waals surface area contributed by atoms with Gasteiger partial charge in [-0.15, -0.1) is 0 Å². The number of halogens is 3. The molecule has 1 saturated heterocycles. The molecule has 1 aromatic carbocycles. The highest BCUT2D eigenvalue weighted by molar-refractivity contribution is 5.57. The van der Waals surface area contributed by atoms with E-state index < -0.39 is 11.7 Å². The predicted octanol–water partition coefficient (Wildman–Crippen LogP) is 2.78. The van der Waals surface area contributed by atoms with Gasteiger partial charge in [-0.25, -0.2) is 0 Å². The van der Waals surface area contributed by atoms with Gasteiger partial charge in [0, 0.05) is 25.3 Å². The van der Waals surface area contributed by atoms with E-state index in [1.54, 1.807) is 11.0 Å². The fourth-order valence-electron chi connectivity index (χ4n) is 2.40. The first-order chi connectivity index (χ1) is 9.45. The van der Waals surface area contributed by atoms with E-state index in [1.165, 1.54) is 6.07 Å². The van der Waals surface area contributed by atoms with E-state index >= 15 is 0 Å². The largest absolute Gasteiger partial charge is 0.418 e. The van der Waals surface area contributed by atoms with Crippen molar-refractivity contribution in [2.24, 2.45) is 5.73 Å². The first-order valence-electron chi connectivity index (χ1n) is 6.72. The number of nitrogens with zero attached hydrogens (tertiary/aromatic N) is 1. The lowest BCUT2D eigenvalue weighted by Crippen LogP contribution is -2.43. The normalized spacial score (nSPS) is 20.2. The maximum absolute atomic E-state index is 13.2. The Kier molecular flexibility index (Phi) is 4.55. The molecule has 1 unspecified atom stereocenters. The van der Waals surface area contributed by atoms with Crippen LogP contribution in [-0.2, 0) is 17.5 Å².